The highest BCUT2D eigenvalue weighted by atomic mass is 35.5. The molecular formula is C20H18ClN2OS2+. The third-order valence-electron chi connectivity index (χ3n) is 3.73. The van der Waals surface area contributed by atoms with E-state index in [1.807, 2.05) is 67.2 Å². The molecule has 0 fully saturated rings. The second kappa shape index (κ2) is 7.99. The molecule has 2 heterocycles. The Labute approximate surface area is 167 Å². The summed E-state index contributed by atoms with van der Waals surface area (Å²) in [6.07, 6.45) is 3.78. The fourth-order valence-electron chi connectivity index (χ4n) is 2.55. The number of aliphatic hydroxyl groups excluding tert-OH is 1. The molecule has 0 aliphatic heterocycles. The lowest BCUT2D eigenvalue weighted by molar-refractivity contribution is -0.576. The van der Waals surface area contributed by atoms with Gasteiger partial charge in [-0.05, 0) is 49.7 Å². The van der Waals surface area contributed by atoms with Crippen molar-refractivity contribution in [1.29, 1.82) is 0 Å². The fraction of sp³-hybridized carbons (Fsp3) is 0.100. The van der Waals surface area contributed by atoms with Gasteiger partial charge in [0.15, 0.2) is 17.4 Å². The molecule has 0 unspecified atom stereocenters. The Morgan fingerprint density at radius 3 is 2.54 bits per heavy atom. The van der Waals surface area contributed by atoms with Gasteiger partial charge in [0.1, 0.15) is 0 Å². The van der Waals surface area contributed by atoms with Gasteiger partial charge in [0, 0.05) is 17.3 Å². The molecule has 3 nitrogen and oxygen atoms in total. The Bertz CT molecular complexity index is 995. The minimum atomic E-state index is 0.0858. The summed E-state index contributed by atoms with van der Waals surface area (Å²) in [5, 5.41) is 14.1. The van der Waals surface area contributed by atoms with Crippen molar-refractivity contribution < 1.29 is 9.67 Å². The Morgan fingerprint density at radius 2 is 1.88 bits per heavy atom. The SMILES string of the molecule is Cc1cccc(NC(=S)/C(=C(/O)c2ccc(Cl)s2)[n+]2cccc(C)c2)c1. The molecule has 0 atom stereocenters. The highest BCUT2D eigenvalue weighted by molar-refractivity contribution is 7.81. The number of anilines is 1. The second-order valence-corrected chi connectivity index (χ2v) is 8.04. The molecule has 0 saturated heterocycles. The Balaban J connectivity index is 2.07. The van der Waals surface area contributed by atoms with Crippen molar-refractivity contribution >= 4 is 57.3 Å². The van der Waals surface area contributed by atoms with Crippen LogP contribution in [0.4, 0.5) is 5.69 Å². The smallest absolute Gasteiger partial charge is 0.289 e. The molecule has 132 valence electrons. The number of nitrogens with zero attached hydrogens (tertiary/aromatic N) is 1. The maximum absolute atomic E-state index is 10.9. The number of thiophene rings is 1. The Kier molecular flexibility index (Phi) is 5.71. The molecule has 0 bridgehead atoms. The molecule has 6 heteroatoms. The van der Waals surface area contributed by atoms with Gasteiger partial charge in [0.05, 0.1) is 9.21 Å². The van der Waals surface area contributed by atoms with Crippen molar-refractivity contribution in [2.75, 3.05) is 5.32 Å². The fourth-order valence-corrected chi connectivity index (χ4v) is 3.86. The van der Waals surface area contributed by atoms with E-state index in [1.54, 1.807) is 12.1 Å². The average molecular weight is 402 g/mol. The highest BCUT2D eigenvalue weighted by Gasteiger charge is 2.25. The summed E-state index contributed by atoms with van der Waals surface area (Å²) >= 11 is 13.0. The van der Waals surface area contributed by atoms with E-state index in [0.29, 0.717) is 19.9 Å². The Morgan fingerprint density at radius 1 is 1.12 bits per heavy atom. The molecule has 0 aliphatic rings. The van der Waals surface area contributed by atoms with Crippen molar-refractivity contribution in [3.05, 3.63) is 81.3 Å². The first-order valence-electron chi connectivity index (χ1n) is 7.99. The van der Waals surface area contributed by atoms with E-state index in [0.717, 1.165) is 16.8 Å². The van der Waals surface area contributed by atoms with Gasteiger partial charge in [-0.1, -0.05) is 36.0 Å². The summed E-state index contributed by atoms with van der Waals surface area (Å²) in [5.41, 5.74) is 3.56. The van der Waals surface area contributed by atoms with Crippen molar-refractivity contribution in [3.8, 4) is 0 Å². The highest BCUT2D eigenvalue weighted by Crippen LogP contribution is 2.29. The van der Waals surface area contributed by atoms with Crippen LogP contribution in [0.25, 0.3) is 11.5 Å². The lowest BCUT2D eigenvalue weighted by Gasteiger charge is -2.10. The van der Waals surface area contributed by atoms with Crippen LogP contribution >= 0.6 is 35.2 Å². The minimum absolute atomic E-state index is 0.0858. The van der Waals surface area contributed by atoms with Crippen LogP contribution in [-0.2, 0) is 0 Å². The van der Waals surface area contributed by atoms with Crippen LogP contribution in [0.1, 0.15) is 16.0 Å². The first-order chi connectivity index (χ1) is 12.4. The molecule has 0 radical (unpaired) electrons. The third-order valence-corrected chi connectivity index (χ3v) is 5.26. The van der Waals surface area contributed by atoms with E-state index in [9.17, 15) is 5.11 Å². The van der Waals surface area contributed by atoms with Crippen molar-refractivity contribution in [3.63, 3.8) is 0 Å². The van der Waals surface area contributed by atoms with Crippen molar-refractivity contribution in [1.82, 2.24) is 0 Å². The van der Waals surface area contributed by atoms with Gasteiger partial charge in [-0.3, -0.25) is 0 Å². The van der Waals surface area contributed by atoms with Gasteiger partial charge in [0.25, 0.3) is 5.70 Å². The van der Waals surface area contributed by atoms with Gasteiger partial charge in [0.2, 0.25) is 5.76 Å². The Hall–Kier alpha value is -2.21. The predicted molar refractivity (Wildman–Crippen MR) is 114 cm³/mol. The lowest BCUT2D eigenvalue weighted by atomic mass is 10.2. The number of aryl methyl sites for hydroxylation is 2. The quantitative estimate of drug-likeness (QED) is 0.257. The van der Waals surface area contributed by atoms with Crippen molar-refractivity contribution in [2.24, 2.45) is 0 Å². The number of pyridine rings is 1. The lowest BCUT2D eigenvalue weighted by Crippen LogP contribution is -2.38. The number of nitrogens with one attached hydrogen (secondary N) is 1. The number of rotatable bonds is 4. The maximum atomic E-state index is 10.9. The first kappa shape index (κ1) is 18.6. The predicted octanol–water partition coefficient (Wildman–Crippen LogP) is 5.63. The van der Waals surface area contributed by atoms with Crippen LogP contribution in [0.2, 0.25) is 4.34 Å². The van der Waals surface area contributed by atoms with Crippen LogP contribution in [-0.4, -0.2) is 10.1 Å². The number of thiocarbonyl (C=S) groups is 1. The molecule has 3 rings (SSSR count). The molecule has 1 aromatic carbocycles. The molecule has 26 heavy (non-hydrogen) atoms. The molecular weight excluding hydrogens is 384 g/mol. The van der Waals surface area contributed by atoms with Crippen LogP contribution in [0, 0.1) is 13.8 Å². The second-order valence-electron chi connectivity index (χ2n) is 5.91. The molecule has 0 amide bonds. The summed E-state index contributed by atoms with van der Waals surface area (Å²) in [6, 6.07) is 15.4. The average Bonchev–Trinajstić information content (AvgIpc) is 3.01. The number of benzene rings is 1. The van der Waals surface area contributed by atoms with E-state index in [1.165, 1.54) is 11.3 Å². The zero-order valence-electron chi connectivity index (χ0n) is 14.4. The first-order valence-corrected chi connectivity index (χ1v) is 9.59. The summed E-state index contributed by atoms with van der Waals surface area (Å²) in [5.74, 6) is 0.0858. The van der Waals surface area contributed by atoms with Gasteiger partial charge in [-0.2, -0.15) is 4.57 Å². The molecule has 0 saturated carbocycles. The third kappa shape index (κ3) is 4.30. The number of aromatic nitrogens is 1. The number of aliphatic hydroxyl groups is 1. The number of hydrogen-bond acceptors (Lipinski definition) is 3. The summed E-state index contributed by atoms with van der Waals surface area (Å²) in [6.45, 7) is 4.01. The van der Waals surface area contributed by atoms with Crippen LogP contribution in [0.3, 0.4) is 0 Å². The van der Waals surface area contributed by atoms with Crippen LogP contribution in [0.5, 0.6) is 0 Å². The largest absolute Gasteiger partial charge is 0.501 e. The molecule has 0 spiro atoms. The summed E-state index contributed by atoms with van der Waals surface area (Å²) < 4.78 is 2.43. The van der Waals surface area contributed by atoms with Crippen LogP contribution < -0.4 is 9.88 Å². The summed E-state index contributed by atoms with van der Waals surface area (Å²) in [4.78, 5) is 1.08. The standard InChI is InChI=1S/C20H17ClN2OS2/c1-13-5-3-7-15(11-13)22-20(25)18(23-10-4-6-14(2)12-23)19(24)16-8-9-17(21)26-16/h3-12H,1-2H3,(H-,22,24,25)/p+1. The topological polar surface area (TPSA) is 36.1 Å². The van der Waals surface area contributed by atoms with E-state index >= 15 is 0 Å². The van der Waals surface area contributed by atoms with Crippen molar-refractivity contribution in [2.45, 2.75) is 13.8 Å². The molecule has 3 aromatic rings. The van der Waals surface area contributed by atoms with E-state index < -0.39 is 0 Å². The minimum Gasteiger partial charge on any atom is -0.501 e. The van der Waals surface area contributed by atoms with E-state index in [2.05, 4.69) is 5.32 Å². The zero-order chi connectivity index (χ0) is 18.7. The molecule has 0 aliphatic carbocycles. The monoisotopic (exact) mass is 401 g/mol. The van der Waals surface area contributed by atoms with Gasteiger partial charge in [-0.15, -0.1) is 11.3 Å². The van der Waals surface area contributed by atoms with Gasteiger partial charge >= 0.3 is 0 Å². The van der Waals surface area contributed by atoms with E-state index in [-0.39, 0.29) is 5.76 Å². The maximum Gasteiger partial charge on any atom is 0.289 e. The van der Waals surface area contributed by atoms with Crippen LogP contribution in [0.15, 0.2) is 60.9 Å². The molecule has 2 N–H and O–H groups in total. The van der Waals surface area contributed by atoms with E-state index in [4.69, 9.17) is 23.8 Å². The zero-order valence-corrected chi connectivity index (χ0v) is 16.8. The molecule has 2 aromatic heterocycles. The van der Waals surface area contributed by atoms with Gasteiger partial charge in [-0.25, -0.2) is 0 Å². The summed E-state index contributed by atoms with van der Waals surface area (Å²) in [7, 11) is 0. The normalized spacial score (nSPS) is 11.8. The number of hydrogen-bond donors (Lipinski definition) is 2. The number of halogens is 1. The van der Waals surface area contributed by atoms with Gasteiger partial charge < -0.3 is 10.4 Å².